The number of rotatable bonds is 5. The molecular weight excluding hydrogens is 312 g/mol. The third-order valence-corrected chi connectivity index (χ3v) is 4.79. The molecule has 0 unspecified atom stereocenters. The van der Waals surface area contributed by atoms with Crippen molar-refractivity contribution < 1.29 is 9.47 Å². The molecule has 0 N–H and O–H groups in total. The number of hydrogen-bond acceptors (Lipinski definition) is 4. The number of benzene rings is 2. The van der Waals surface area contributed by atoms with Crippen molar-refractivity contribution in [3.05, 3.63) is 59.7 Å². The molecule has 25 heavy (non-hydrogen) atoms. The van der Waals surface area contributed by atoms with Crippen LogP contribution in [0.4, 0.5) is 0 Å². The van der Waals surface area contributed by atoms with Crippen molar-refractivity contribution in [3.8, 4) is 11.5 Å². The van der Waals surface area contributed by atoms with Crippen LogP contribution in [0.1, 0.15) is 50.3 Å². The van der Waals surface area contributed by atoms with Crippen LogP contribution < -0.4 is 9.47 Å². The first-order chi connectivity index (χ1) is 12.3. The van der Waals surface area contributed by atoms with Gasteiger partial charge in [-0.25, -0.2) is 0 Å². The van der Waals surface area contributed by atoms with E-state index in [1.165, 1.54) is 11.1 Å². The molecule has 2 atom stereocenters. The molecule has 4 rings (SSSR count). The van der Waals surface area contributed by atoms with E-state index in [1.807, 2.05) is 25.1 Å². The SMILES string of the molecule is CCC[C@@H]1Oc2ccc(OCC)cc2[C@H]2CC(c3ccccc3)=NN12. The first-order valence-electron chi connectivity index (χ1n) is 9.14. The van der Waals surface area contributed by atoms with Crippen LogP contribution in [0.25, 0.3) is 0 Å². The molecule has 0 aliphatic carbocycles. The number of ether oxygens (including phenoxy) is 2. The summed E-state index contributed by atoms with van der Waals surface area (Å²) in [6.45, 7) is 4.86. The third kappa shape index (κ3) is 2.97. The van der Waals surface area contributed by atoms with E-state index in [0.29, 0.717) is 6.61 Å². The van der Waals surface area contributed by atoms with Crippen LogP contribution in [0.5, 0.6) is 11.5 Å². The van der Waals surface area contributed by atoms with Crippen molar-refractivity contribution in [3.63, 3.8) is 0 Å². The van der Waals surface area contributed by atoms with Gasteiger partial charge in [-0.1, -0.05) is 43.7 Å². The molecule has 0 fully saturated rings. The van der Waals surface area contributed by atoms with E-state index in [1.54, 1.807) is 0 Å². The molecule has 2 aromatic rings. The Morgan fingerprint density at radius 1 is 1.16 bits per heavy atom. The van der Waals surface area contributed by atoms with Gasteiger partial charge in [0.15, 0.2) is 6.23 Å². The van der Waals surface area contributed by atoms with Crippen LogP contribution in [0, 0.1) is 0 Å². The third-order valence-electron chi connectivity index (χ3n) is 4.79. The van der Waals surface area contributed by atoms with Crippen molar-refractivity contribution >= 4 is 5.71 Å². The standard InChI is InChI=1S/C21H24N2O2/c1-3-8-21-23-19(14-18(22-23)15-9-6-5-7-10-15)17-13-16(24-4-2)11-12-20(17)25-21/h5-7,9-13,19,21H,3-4,8,14H2,1-2H3/t19-,21+/m1/s1. The second-order valence-electron chi connectivity index (χ2n) is 6.51. The van der Waals surface area contributed by atoms with Gasteiger partial charge in [0.05, 0.1) is 18.4 Å². The van der Waals surface area contributed by atoms with Crippen LogP contribution >= 0.6 is 0 Å². The lowest BCUT2D eigenvalue weighted by Crippen LogP contribution is -2.40. The summed E-state index contributed by atoms with van der Waals surface area (Å²) in [7, 11) is 0. The summed E-state index contributed by atoms with van der Waals surface area (Å²) in [6.07, 6.45) is 2.93. The lowest BCUT2D eigenvalue weighted by molar-refractivity contribution is -0.0224. The highest BCUT2D eigenvalue weighted by atomic mass is 16.5. The van der Waals surface area contributed by atoms with Gasteiger partial charge in [-0.2, -0.15) is 5.10 Å². The first kappa shape index (κ1) is 16.0. The average Bonchev–Trinajstić information content (AvgIpc) is 3.09. The largest absolute Gasteiger partial charge is 0.494 e. The van der Waals surface area contributed by atoms with Crippen molar-refractivity contribution in [1.29, 1.82) is 0 Å². The fourth-order valence-corrected chi connectivity index (χ4v) is 3.64. The molecule has 130 valence electrons. The molecule has 0 radical (unpaired) electrons. The Hall–Kier alpha value is -2.49. The van der Waals surface area contributed by atoms with Crippen LogP contribution in [0.2, 0.25) is 0 Å². The second-order valence-corrected chi connectivity index (χ2v) is 6.51. The van der Waals surface area contributed by atoms with Crippen LogP contribution in [0.15, 0.2) is 53.6 Å². The quantitative estimate of drug-likeness (QED) is 0.790. The summed E-state index contributed by atoms with van der Waals surface area (Å²) in [5.74, 6) is 1.86. The molecule has 0 saturated heterocycles. The van der Waals surface area contributed by atoms with Gasteiger partial charge in [-0.15, -0.1) is 0 Å². The highest BCUT2D eigenvalue weighted by molar-refractivity contribution is 6.01. The normalized spacial score (nSPS) is 21.2. The zero-order valence-electron chi connectivity index (χ0n) is 14.8. The van der Waals surface area contributed by atoms with Gasteiger partial charge >= 0.3 is 0 Å². The van der Waals surface area contributed by atoms with E-state index >= 15 is 0 Å². The number of nitrogens with zero attached hydrogens (tertiary/aromatic N) is 2. The first-order valence-corrected chi connectivity index (χ1v) is 9.14. The summed E-state index contributed by atoms with van der Waals surface area (Å²) in [4.78, 5) is 0. The minimum atomic E-state index is 0.00153. The van der Waals surface area contributed by atoms with Gasteiger partial charge in [0.25, 0.3) is 0 Å². The van der Waals surface area contributed by atoms with Crippen molar-refractivity contribution in [2.45, 2.75) is 45.4 Å². The molecule has 4 nitrogen and oxygen atoms in total. The van der Waals surface area contributed by atoms with Crippen molar-refractivity contribution in [2.75, 3.05) is 6.61 Å². The lowest BCUT2D eigenvalue weighted by atomic mass is 9.96. The molecule has 0 aromatic heterocycles. The maximum absolute atomic E-state index is 6.27. The zero-order valence-corrected chi connectivity index (χ0v) is 14.8. The lowest BCUT2D eigenvalue weighted by Gasteiger charge is -2.38. The van der Waals surface area contributed by atoms with E-state index < -0.39 is 0 Å². The predicted molar refractivity (Wildman–Crippen MR) is 99.1 cm³/mol. The Kier molecular flexibility index (Phi) is 4.35. The summed E-state index contributed by atoms with van der Waals surface area (Å²) in [5, 5.41) is 7.10. The van der Waals surface area contributed by atoms with Crippen molar-refractivity contribution in [1.82, 2.24) is 5.01 Å². The van der Waals surface area contributed by atoms with Gasteiger partial charge in [0.2, 0.25) is 0 Å². The number of hydrogen-bond donors (Lipinski definition) is 0. The maximum Gasteiger partial charge on any atom is 0.187 e. The molecule has 4 heteroatoms. The topological polar surface area (TPSA) is 34.1 Å². The Morgan fingerprint density at radius 2 is 2.00 bits per heavy atom. The molecule has 2 heterocycles. The number of hydrazone groups is 1. The molecule has 0 amide bonds. The fourth-order valence-electron chi connectivity index (χ4n) is 3.64. The highest BCUT2D eigenvalue weighted by Crippen LogP contribution is 2.45. The molecule has 2 aliphatic heterocycles. The Labute approximate surface area is 149 Å². The smallest absolute Gasteiger partial charge is 0.187 e. The minimum absolute atomic E-state index is 0.00153. The van der Waals surface area contributed by atoms with Gasteiger partial charge in [-0.3, -0.25) is 5.01 Å². The highest BCUT2D eigenvalue weighted by Gasteiger charge is 2.39. The minimum Gasteiger partial charge on any atom is -0.494 e. The van der Waals surface area contributed by atoms with Gasteiger partial charge in [0.1, 0.15) is 11.5 Å². The molecule has 0 spiro atoms. The van der Waals surface area contributed by atoms with E-state index in [0.717, 1.165) is 36.5 Å². The summed E-state index contributed by atoms with van der Waals surface area (Å²) >= 11 is 0. The summed E-state index contributed by atoms with van der Waals surface area (Å²) in [5.41, 5.74) is 3.49. The van der Waals surface area contributed by atoms with Gasteiger partial charge < -0.3 is 9.47 Å². The average molecular weight is 336 g/mol. The molecule has 2 aromatic carbocycles. The van der Waals surface area contributed by atoms with Crippen LogP contribution in [-0.4, -0.2) is 23.6 Å². The Balaban J connectivity index is 1.71. The van der Waals surface area contributed by atoms with E-state index in [2.05, 4.69) is 42.3 Å². The molecule has 0 saturated carbocycles. The maximum atomic E-state index is 6.27. The predicted octanol–water partition coefficient (Wildman–Crippen LogP) is 4.76. The molecular formula is C21H24N2O2. The summed E-state index contributed by atoms with van der Waals surface area (Å²) in [6, 6.07) is 16.8. The van der Waals surface area contributed by atoms with E-state index in [9.17, 15) is 0 Å². The van der Waals surface area contributed by atoms with Gasteiger partial charge in [-0.05, 0) is 30.7 Å². The van der Waals surface area contributed by atoms with E-state index in [-0.39, 0.29) is 12.3 Å². The van der Waals surface area contributed by atoms with Crippen molar-refractivity contribution in [2.24, 2.45) is 5.10 Å². The Morgan fingerprint density at radius 3 is 2.76 bits per heavy atom. The van der Waals surface area contributed by atoms with E-state index in [4.69, 9.17) is 14.6 Å². The molecule has 2 aliphatic rings. The number of fused-ring (bicyclic) bond motifs is 3. The zero-order chi connectivity index (χ0) is 17.2. The summed E-state index contributed by atoms with van der Waals surface area (Å²) < 4.78 is 12.0. The molecule has 0 bridgehead atoms. The monoisotopic (exact) mass is 336 g/mol. The van der Waals surface area contributed by atoms with Crippen LogP contribution in [0.3, 0.4) is 0 Å². The van der Waals surface area contributed by atoms with Crippen LogP contribution in [-0.2, 0) is 0 Å². The Bertz CT molecular complexity index is 773. The second kappa shape index (κ2) is 6.79. The van der Waals surface area contributed by atoms with Gasteiger partial charge in [0, 0.05) is 18.4 Å². The fraction of sp³-hybridized carbons (Fsp3) is 0.381.